The zero-order chi connectivity index (χ0) is 10.6. The number of hydrogen-bond donors (Lipinski definition) is 2. The van der Waals surface area contributed by atoms with Crippen LogP contribution in [0.1, 0.15) is 30.8 Å². The Hall–Kier alpha value is -1.10. The van der Waals surface area contributed by atoms with Gasteiger partial charge in [0.25, 0.3) is 5.91 Å². The molecule has 0 atom stereocenters. The molecule has 0 aliphatic carbocycles. The van der Waals surface area contributed by atoms with E-state index in [2.05, 4.69) is 20.7 Å². The summed E-state index contributed by atoms with van der Waals surface area (Å²) in [5.74, 6) is 0.264. The molecular formula is C8H13ClN4O. The fraction of sp³-hybridized carbons (Fsp3) is 0.625. The highest BCUT2D eigenvalue weighted by molar-refractivity contribution is 6.17. The highest BCUT2D eigenvalue weighted by atomic mass is 35.5. The van der Waals surface area contributed by atoms with E-state index in [0.717, 1.165) is 0 Å². The van der Waals surface area contributed by atoms with Crippen LogP contribution in [0.4, 0.5) is 0 Å². The Morgan fingerprint density at radius 2 is 2.43 bits per heavy atom. The van der Waals surface area contributed by atoms with Gasteiger partial charge in [0, 0.05) is 11.4 Å². The summed E-state index contributed by atoms with van der Waals surface area (Å²) in [7, 11) is 0. The molecule has 0 aliphatic rings. The van der Waals surface area contributed by atoms with Gasteiger partial charge in [0.1, 0.15) is 0 Å². The fourth-order valence-electron chi connectivity index (χ4n) is 0.981. The lowest BCUT2D eigenvalue weighted by Gasteiger charge is -2.24. The molecule has 0 saturated carbocycles. The predicted molar refractivity (Wildman–Crippen MR) is 53.3 cm³/mol. The Labute approximate surface area is 87.2 Å². The Balaban J connectivity index is 2.57. The normalized spacial score (nSPS) is 11.4. The van der Waals surface area contributed by atoms with Crippen LogP contribution >= 0.6 is 11.6 Å². The van der Waals surface area contributed by atoms with Gasteiger partial charge in [-0.1, -0.05) is 0 Å². The smallest absolute Gasteiger partial charge is 0.273 e. The number of halogens is 1. The Morgan fingerprint density at radius 3 is 2.93 bits per heavy atom. The maximum Gasteiger partial charge on any atom is 0.273 e. The molecule has 0 aromatic carbocycles. The van der Waals surface area contributed by atoms with Crippen molar-refractivity contribution in [2.24, 2.45) is 0 Å². The van der Waals surface area contributed by atoms with Crippen molar-refractivity contribution in [1.29, 1.82) is 0 Å². The monoisotopic (exact) mass is 216 g/mol. The number of H-pyrrole nitrogens is 1. The predicted octanol–water partition coefficient (Wildman–Crippen LogP) is 0.942. The van der Waals surface area contributed by atoms with E-state index in [1.807, 2.05) is 13.8 Å². The first-order valence-corrected chi connectivity index (χ1v) is 4.83. The minimum absolute atomic E-state index is 0.242. The van der Waals surface area contributed by atoms with Gasteiger partial charge in [-0.05, 0) is 20.3 Å². The summed E-state index contributed by atoms with van der Waals surface area (Å²) in [6.45, 7) is 3.82. The summed E-state index contributed by atoms with van der Waals surface area (Å²) >= 11 is 5.61. The number of alkyl halides is 1. The third-order valence-electron chi connectivity index (χ3n) is 1.82. The largest absolute Gasteiger partial charge is 0.346 e. The number of aromatic amines is 1. The maximum absolute atomic E-state index is 11.5. The topological polar surface area (TPSA) is 70.7 Å². The van der Waals surface area contributed by atoms with Crippen LogP contribution in [0.25, 0.3) is 0 Å². The van der Waals surface area contributed by atoms with E-state index < -0.39 is 0 Å². The molecule has 0 radical (unpaired) electrons. The van der Waals surface area contributed by atoms with Crippen LogP contribution in [0.2, 0.25) is 0 Å². The molecule has 0 bridgehead atoms. The fourth-order valence-corrected chi connectivity index (χ4v) is 1.45. The second kappa shape index (κ2) is 4.41. The second-order valence-corrected chi connectivity index (χ2v) is 4.01. The third-order valence-corrected chi connectivity index (χ3v) is 2.01. The van der Waals surface area contributed by atoms with Gasteiger partial charge in [-0.3, -0.25) is 4.79 Å². The van der Waals surface area contributed by atoms with E-state index in [4.69, 9.17) is 11.6 Å². The number of nitrogens with one attached hydrogen (secondary N) is 2. The summed E-state index contributed by atoms with van der Waals surface area (Å²) in [6.07, 6.45) is 2.09. The van der Waals surface area contributed by atoms with Crippen molar-refractivity contribution in [2.75, 3.05) is 5.88 Å². The number of hydrogen-bond acceptors (Lipinski definition) is 3. The number of carbonyl (C=O) groups is 1. The first-order valence-electron chi connectivity index (χ1n) is 4.29. The van der Waals surface area contributed by atoms with Crippen LogP contribution < -0.4 is 5.32 Å². The molecule has 0 spiro atoms. The zero-order valence-corrected chi connectivity index (χ0v) is 8.93. The highest BCUT2D eigenvalue weighted by Gasteiger charge is 2.21. The van der Waals surface area contributed by atoms with Gasteiger partial charge in [0.15, 0.2) is 5.69 Å². The summed E-state index contributed by atoms with van der Waals surface area (Å²) in [5, 5.41) is 12.4. The molecule has 1 rings (SSSR count). The standard InChI is InChI=1S/C8H13ClN4O/c1-8(2,3-4-9)11-7(14)6-5-10-13-12-6/h5H,3-4H2,1-2H3,(H,11,14)(H,10,12,13). The molecule has 6 heteroatoms. The second-order valence-electron chi connectivity index (χ2n) is 3.63. The van der Waals surface area contributed by atoms with Crippen LogP contribution in [0.15, 0.2) is 6.20 Å². The molecule has 1 amide bonds. The van der Waals surface area contributed by atoms with Crippen LogP contribution in [0.5, 0.6) is 0 Å². The van der Waals surface area contributed by atoms with E-state index in [1.165, 1.54) is 6.20 Å². The molecular weight excluding hydrogens is 204 g/mol. The van der Waals surface area contributed by atoms with Crippen LogP contribution in [-0.2, 0) is 0 Å². The first kappa shape index (κ1) is 11.0. The lowest BCUT2D eigenvalue weighted by molar-refractivity contribution is 0.0906. The van der Waals surface area contributed by atoms with E-state index >= 15 is 0 Å². The molecule has 5 nitrogen and oxygen atoms in total. The summed E-state index contributed by atoms with van der Waals surface area (Å²) in [4.78, 5) is 11.5. The van der Waals surface area contributed by atoms with Crippen molar-refractivity contribution in [1.82, 2.24) is 20.7 Å². The van der Waals surface area contributed by atoms with Gasteiger partial charge in [0.05, 0.1) is 6.20 Å². The SMILES string of the molecule is CC(C)(CCCl)NC(=O)c1cn[nH]n1. The number of carbonyl (C=O) groups excluding carboxylic acids is 1. The van der Waals surface area contributed by atoms with Crippen LogP contribution in [-0.4, -0.2) is 32.7 Å². The summed E-state index contributed by atoms with van der Waals surface area (Å²) in [5.41, 5.74) is -0.0368. The number of rotatable bonds is 4. The van der Waals surface area contributed by atoms with Crippen molar-refractivity contribution in [2.45, 2.75) is 25.8 Å². The average molecular weight is 217 g/mol. The van der Waals surface area contributed by atoms with Gasteiger partial charge in [-0.25, -0.2) is 0 Å². The first-order chi connectivity index (χ1) is 6.55. The molecule has 1 aromatic rings. The Bertz CT molecular complexity index is 296. The molecule has 78 valence electrons. The van der Waals surface area contributed by atoms with E-state index in [0.29, 0.717) is 12.3 Å². The number of nitrogens with zero attached hydrogens (tertiary/aromatic N) is 2. The molecule has 0 unspecified atom stereocenters. The molecule has 0 saturated heterocycles. The lowest BCUT2D eigenvalue weighted by Crippen LogP contribution is -2.43. The van der Waals surface area contributed by atoms with Crippen molar-refractivity contribution in [3.63, 3.8) is 0 Å². The Morgan fingerprint density at radius 1 is 1.71 bits per heavy atom. The van der Waals surface area contributed by atoms with E-state index in [-0.39, 0.29) is 17.1 Å². The van der Waals surface area contributed by atoms with Gasteiger partial charge >= 0.3 is 0 Å². The zero-order valence-electron chi connectivity index (χ0n) is 8.17. The lowest BCUT2D eigenvalue weighted by atomic mass is 10.0. The number of aromatic nitrogens is 3. The van der Waals surface area contributed by atoms with Crippen LogP contribution in [0, 0.1) is 0 Å². The third kappa shape index (κ3) is 2.99. The summed E-state index contributed by atoms with van der Waals surface area (Å²) in [6, 6.07) is 0. The van der Waals surface area contributed by atoms with E-state index in [1.54, 1.807) is 0 Å². The summed E-state index contributed by atoms with van der Waals surface area (Å²) < 4.78 is 0. The minimum Gasteiger partial charge on any atom is -0.346 e. The van der Waals surface area contributed by atoms with Crippen LogP contribution in [0.3, 0.4) is 0 Å². The quantitative estimate of drug-likeness (QED) is 0.736. The van der Waals surface area contributed by atoms with E-state index in [9.17, 15) is 4.79 Å². The van der Waals surface area contributed by atoms with Crippen molar-refractivity contribution >= 4 is 17.5 Å². The van der Waals surface area contributed by atoms with Gasteiger partial charge < -0.3 is 5.32 Å². The van der Waals surface area contributed by atoms with Crippen molar-refractivity contribution in [3.05, 3.63) is 11.9 Å². The van der Waals surface area contributed by atoms with Crippen molar-refractivity contribution < 1.29 is 4.79 Å². The molecule has 14 heavy (non-hydrogen) atoms. The van der Waals surface area contributed by atoms with Gasteiger partial charge in [-0.2, -0.15) is 15.4 Å². The van der Waals surface area contributed by atoms with Gasteiger partial charge in [0.2, 0.25) is 0 Å². The molecule has 0 fully saturated rings. The minimum atomic E-state index is -0.322. The molecule has 1 aromatic heterocycles. The van der Waals surface area contributed by atoms with Gasteiger partial charge in [-0.15, -0.1) is 11.6 Å². The molecule has 1 heterocycles. The van der Waals surface area contributed by atoms with Crippen molar-refractivity contribution in [3.8, 4) is 0 Å². The molecule has 2 N–H and O–H groups in total. The molecule has 0 aliphatic heterocycles. The Kier molecular flexibility index (Phi) is 3.46. The number of amides is 1. The maximum atomic E-state index is 11.5. The highest BCUT2D eigenvalue weighted by Crippen LogP contribution is 2.09. The average Bonchev–Trinajstić information content (AvgIpc) is 2.53.